The van der Waals surface area contributed by atoms with Gasteiger partial charge in [0.25, 0.3) is 5.89 Å². The minimum absolute atomic E-state index is 0.0316. The standard InChI is InChI=1S/C24H26N4O3S/c1-16-5-6-19(14-17(16)2)32-13-9-26-22(29)18-7-10-28(11-8-18)24-20(15-25)27-23(31-24)21-4-3-12-30-21/h3-6,12,14,18H,7-11,13H2,1-2H3,(H,26,29). The molecule has 1 amide bonds. The van der Waals surface area contributed by atoms with Crippen LogP contribution < -0.4 is 10.2 Å². The first-order chi connectivity index (χ1) is 15.5. The highest BCUT2D eigenvalue weighted by Gasteiger charge is 2.29. The highest BCUT2D eigenvalue weighted by atomic mass is 32.2. The Morgan fingerprint density at radius 1 is 1.28 bits per heavy atom. The van der Waals surface area contributed by atoms with E-state index in [0.717, 1.165) is 5.75 Å². The van der Waals surface area contributed by atoms with Gasteiger partial charge in [-0.15, -0.1) is 11.8 Å². The van der Waals surface area contributed by atoms with E-state index in [9.17, 15) is 10.1 Å². The number of hydrogen-bond donors (Lipinski definition) is 1. The molecule has 0 atom stereocenters. The molecule has 0 saturated carbocycles. The third kappa shape index (κ3) is 5.00. The Kier molecular flexibility index (Phi) is 6.86. The van der Waals surface area contributed by atoms with E-state index < -0.39 is 0 Å². The van der Waals surface area contributed by atoms with Gasteiger partial charge >= 0.3 is 0 Å². The van der Waals surface area contributed by atoms with E-state index >= 15 is 0 Å². The molecule has 0 radical (unpaired) electrons. The van der Waals surface area contributed by atoms with E-state index in [1.165, 1.54) is 22.3 Å². The molecule has 3 aromatic rings. The van der Waals surface area contributed by atoms with Crippen molar-refractivity contribution in [1.82, 2.24) is 10.3 Å². The van der Waals surface area contributed by atoms with Gasteiger partial charge in [0.05, 0.1) is 6.26 Å². The van der Waals surface area contributed by atoms with Gasteiger partial charge in [0, 0.05) is 36.2 Å². The molecule has 1 saturated heterocycles. The number of aromatic nitrogens is 1. The summed E-state index contributed by atoms with van der Waals surface area (Å²) in [5.41, 5.74) is 2.81. The van der Waals surface area contributed by atoms with Crippen LogP contribution in [0.15, 0.2) is 50.3 Å². The second-order valence-corrected chi connectivity index (χ2v) is 9.08. The molecule has 0 unspecified atom stereocenters. The molecule has 7 nitrogen and oxygen atoms in total. The van der Waals surface area contributed by atoms with Gasteiger partial charge in [0.1, 0.15) is 6.07 Å². The molecular weight excluding hydrogens is 424 g/mol. The summed E-state index contributed by atoms with van der Waals surface area (Å²) in [5.74, 6) is 2.13. The summed E-state index contributed by atoms with van der Waals surface area (Å²) in [7, 11) is 0. The molecule has 166 valence electrons. The lowest BCUT2D eigenvalue weighted by Crippen LogP contribution is -2.41. The Bertz CT molecular complexity index is 1110. The van der Waals surface area contributed by atoms with E-state index in [1.54, 1.807) is 23.9 Å². The van der Waals surface area contributed by atoms with Gasteiger partial charge in [-0.05, 0) is 62.1 Å². The number of anilines is 1. The Morgan fingerprint density at radius 3 is 2.78 bits per heavy atom. The lowest BCUT2D eigenvalue weighted by Gasteiger charge is -2.30. The van der Waals surface area contributed by atoms with Crippen molar-refractivity contribution in [2.45, 2.75) is 31.6 Å². The number of oxazole rings is 1. The summed E-state index contributed by atoms with van der Waals surface area (Å²) >= 11 is 1.75. The van der Waals surface area contributed by atoms with Gasteiger partial charge in [0.15, 0.2) is 5.76 Å². The van der Waals surface area contributed by atoms with Crippen molar-refractivity contribution in [1.29, 1.82) is 5.26 Å². The number of rotatable bonds is 7. The average Bonchev–Trinajstić information content (AvgIpc) is 3.49. The maximum Gasteiger partial charge on any atom is 0.266 e. The highest BCUT2D eigenvalue weighted by Crippen LogP contribution is 2.31. The average molecular weight is 451 g/mol. The number of thioether (sulfide) groups is 1. The molecule has 32 heavy (non-hydrogen) atoms. The largest absolute Gasteiger partial charge is 0.459 e. The second kappa shape index (κ2) is 9.96. The minimum Gasteiger partial charge on any atom is -0.459 e. The van der Waals surface area contributed by atoms with E-state index in [2.05, 4.69) is 48.4 Å². The zero-order valence-electron chi connectivity index (χ0n) is 18.3. The van der Waals surface area contributed by atoms with Crippen molar-refractivity contribution >= 4 is 23.6 Å². The molecular formula is C24H26N4O3S. The molecule has 1 aliphatic rings. The van der Waals surface area contributed by atoms with Crippen molar-refractivity contribution in [3.05, 3.63) is 53.4 Å². The van der Waals surface area contributed by atoms with Crippen LogP contribution in [0.1, 0.15) is 29.7 Å². The van der Waals surface area contributed by atoms with Crippen molar-refractivity contribution in [3.63, 3.8) is 0 Å². The number of furan rings is 1. The summed E-state index contributed by atoms with van der Waals surface area (Å²) in [6.45, 7) is 6.14. The Labute approximate surface area is 191 Å². The predicted molar refractivity (Wildman–Crippen MR) is 124 cm³/mol. The van der Waals surface area contributed by atoms with Gasteiger partial charge in [-0.1, -0.05) is 6.07 Å². The maximum atomic E-state index is 12.6. The summed E-state index contributed by atoms with van der Waals surface area (Å²) < 4.78 is 11.1. The number of nitriles is 1. The molecule has 4 rings (SSSR count). The van der Waals surface area contributed by atoms with Crippen molar-refractivity contribution < 1.29 is 13.6 Å². The summed E-state index contributed by atoms with van der Waals surface area (Å²) in [6, 6.07) is 12.0. The minimum atomic E-state index is -0.0316. The summed E-state index contributed by atoms with van der Waals surface area (Å²) in [6.07, 6.45) is 2.95. The topological polar surface area (TPSA) is 95.3 Å². The molecule has 1 fully saturated rings. The normalized spacial score (nSPS) is 14.3. The number of hydrogen-bond acceptors (Lipinski definition) is 7. The fourth-order valence-corrected chi connectivity index (χ4v) is 4.60. The lowest BCUT2D eigenvalue weighted by atomic mass is 9.96. The zero-order chi connectivity index (χ0) is 22.5. The number of nitrogens with zero attached hydrogens (tertiary/aromatic N) is 3. The highest BCUT2D eigenvalue weighted by molar-refractivity contribution is 7.99. The Morgan fingerprint density at radius 2 is 2.09 bits per heavy atom. The predicted octanol–water partition coefficient (Wildman–Crippen LogP) is 4.55. The van der Waals surface area contributed by atoms with Gasteiger partial charge < -0.3 is 19.1 Å². The van der Waals surface area contributed by atoms with Crippen LogP contribution in [0.3, 0.4) is 0 Å². The molecule has 8 heteroatoms. The monoisotopic (exact) mass is 450 g/mol. The van der Waals surface area contributed by atoms with Crippen molar-refractivity contribution in [2.24, 2.45) is 5.92 Å². The third-order valence-corrected chi connectivity index (χ3v) is 6.74. The molecule has 0 bridgehead atoms. The number of amides is 1. The number of carbonyl (C=O) groups excluding carboxylic acids is 1. The van der Waals surface area contributed by atoms with E-state index in [0.29, 0.717) is 50.0 Å². The van der Waals surface area contributed by atoms with Gasteiger partial charge in [-0.25, -0.2) is 0 Å². The van der Waals surface area contributed by atoms with Crippen LogP contribution in [0.2, 0.25) is 0 Å². The molecule has 0 aliphatic carbocycles. The van der Waals surface area contributed by atoms with Gasteiger partial charge in [-0.3, -0.25) is 4.79 Å². The first kappa shape index (κ1) is 22.0. The van der Waals surface area contributed by atoms with Crippen molar-refractivity contribution in [3.8, 4) is 17.7 Å². The van der Waals surface area contributed by atoms with E-state index in [1.807, 2.05) is 4.90 Å². The SMILES string of the molecule is Cc1ccc(SCCNC(=O)C2CCN(c3oc(-c4ccco4)nc3C#N)CC2)cc1C. The lowest BCUT2D eigenvalue weighted by molar-refractivity contribution is -0.125. The Balaban J connectivity index is 1.25. The first-order valence-corrected chi connectivity index (χ1v) is 11.7. The summed E-state index contributed by atoms with van der Waals surface area (Å²) in [4.78, 5) is 20.0. The van der Waals surface area contributed by atoms with Gasteiger partial charge in [0.2, 0.25) is 17.5 Å². The third-order valence-electron chi connectivity index (χ3n) is 5.75. The Hall–Kier alpha value is -3.18. The zero-order valence-corrected chi connectivity index (χ0v) is 19.1. The van der Waals surface area contributed by atoms with Crippen LogP contribution in [0, 0.1) is 31.1 Å². The van der Waals surface area contributed by atoms with E-state index in [4.69, 9.17) is 8.83 Å². The van der Waals surface area contributed by atoms with E-state index in [-0.39, 0.29) is 17.5 Å². The quantitative estimate of drug-likeness (QED) is 0.417. The number of carbonyl (C=O) groups is 1. The smallest absolute Gasteiger partial charge is 0.266 e. The molecule has 3 heterocycles. The molecule has 0 spiro atoms. The number of nitrogens with one attached hydrogen (secondary N) is 1. The maximum absolute atomic E-state index is 12.6. The first-order valence-electron chi connectivity index (χ1n) is 10.7. The van der Waals surface area contributed by atoms with Crippen LogP contribution in [-0.2, 0) is 4.79 Å². The number of benzene rings is 1. The summed E-state index contributed by atoms with van der Waals surface area (Å²) in [5, 5.41) is 12.5. The fourth-order valence-electron chi connectivity index (χ4n) is 3.74. The van der Waals surface area contributed by atoms with Crippen LogP contribution >= 0.6 is 11.8 Å². The van der Waals surface area contributed by atoms with Crippen LogP contribution in [0.4, 0.5) is 5.88 Å². The molecule has 2 aromatic heterocycles. The van der Waals surface area contributed by atoms with Crippen LogP contribution in [0.25, 0.3) is 11.7 Å². The van der Waals surface area contributed by atoms with Gasteiger partial charge in [-0.2, -0.15) is 10.2 Å². The van der Waals surface area contributed by atoms with Crippen LogP contribution in [-0.4, -0.2) is 36.3 Å². The molecule has 1 aromatic carbocycles. The molecule has 1 N–H and O–H groups in total. The van der Waals surface area contributed by atoms with Crippen molar-refractivity contribution in [2.75, 3.05) is 30.3 Å². The molecule has 1 aliphatic heterocycles. The number of aryl methyl sites for hydroxylation is 2. The number of piperidine rings is 1. The second-order valence-electron chi connectivity index (χ2n) is 7.91. The fraction of sp³-hybridized carbons (Fsp3) is 0.375. The van der Waals surface area contributed by atoms with Crippen LogP contribution in [0.5, 0.6) is 0 Å².